The van der Waals surface area contributed by atoms with Gasteiger partial charge in [-0.25, -0.2) is 9.78 Å². The van der Waals surface area contributed by atoms with Crippen LogP contribution in [-0.2, 0) is 16.1 Å². The van der Waals surface area contributed by atoms with Crippen LogP contribution in [0.3, 0.4) is 0 Å². The molecular formula is C17H16ClNO4. The normalized spacial score (nSPS) is 10.6. The molecule has 2 aromatic rings. The molecule has 1 heterocycles. The summed E-state index contributed by atoms with van der Waals surface area (Å²) in [5.74, 6) is 0.830. The second-order valence-electron chi connectivity index (χ2n) is 4.58. The van der Waals surface area contributed by atoms with Crippen molar-refractivity contribution in [1.29, 1.82) is 0 Å². The Hall–Kier alpha value is -2.53. The Balaban J connectivity index is 1.96. The predicted molar refractivity (Wildman–Crippen MR) is 87.6 cm³/mol. The van der Waals surface area contributed by atoms with Gasteiger partial charge in [-0.05, 0) is 29.8 Å². The third-order valence-electron chi connectivity index (χ3n) is 2.96. The van der Waals surface area contributed by atoms with Gasteiger partial charge in [-0.2, -0.15) is 0 Å². The summed E-state index contributed by atoms with van der Waals surface area (Å²) < 4.78 is 15.5. The smallest absolute Gasteiger partial charge is 0.331 e. The average Bonchev–Trinajstić information content (AvgIpc) is 2.59. The molecule has 23 heavy (non-hydrogen) atoms. The van der Waals surface area contributed by atoms with Crippen molar-refractivity contribution in [2.45, 2.75) is 6.61 Å². The molecule has 1 aromatic carbocycles. The number of carbonyl (C=O) groups is 1. The number of methoxy groups -OCH3 is 2. The third kappa shape index (κ3) is 5.30. The molecule has 0 saturated heterocycles. The van der Waals surface area contributed by atoms with E-state index >= 15 is 0 Å². The number of hydrogen-bond acceptors (Lipinski definition) is 5. The first kappa shape index (κ1) is 16.8. The summed E-state index contributed by atoms with van der Waals surface area (Å²) in [7, 11) is 3.13. The minimum Gasteiger partial charge on any atom is -0.497 e. The molecule has 120 valence electrons. The standard InChI is InChI=1S/C17H16ClNO4/c1-21-14-7-12(8-15(9-14)22-2)4-6-17(20)23-11-13-3-5-16(18)19-10-13/h3-10H,11H2,1-2H3/b6-4+. The lowest BCUT2D eigenvalue weighted by Gasteiger charge is -2.06. The van der Waals surface area contributed by atoms with Gasteiger partial charge < -0.3 is 14.2 Å². The van der Waals surface area contributed by atoms with Gasteiger partial charge in [0.2, 0.25) is 0 Å². The molecule has 0 aliphatic rings. The molecule has 1 aromatic heterocycles. The van der Waals surface area contributed by atoms with Crippen LogP contribution in [0.2, 0.25) is 5.15 Å². The maximum absolute atomic E-state index is 11.7. The van der Waals surface area contributed by atoms with Gasteiger partial charge >= 0.3 is 5.97 Å². The first-order chi connectivity index (χ1) is 11.1. The van der Waals surface area contributed by atoms with Gasteiger partial charge in [0.1, 0.15) is 23.3 Å². The van der Waals surface area contributed by atoms with Crippen LogP contribution < -0.4 is 9.47 Å². The second-order valence-corrected chi connectivity index (χ2v) is 4.96. The molecule has 0 aliphatic heterocycles. The number of nitrogens with zero attached hydrogens (tertiary/aromatic N) is 1. The predicted octanol–water partition coefficient (Wildman–Crippen LogP) is 3.51. The fourth-order valence-electron chi connectivity index (χ4n) is 1.78. The van der Waals surface area contributed by atoms with E-state index in [1.54, 1.807) is 56.8 Å². The van der Waals surface area contributed by atoms with Crippen molar-refractivity contribution in [2.75, 3.05) is 14.2 Å². The van der Waals surface area contributed by atoms with Gasteiger partial charge in [0.25, 0.3) is 0 Å². The van der Waals surface area contributed by atoms with E-state index in [1.165, 1.54) is 6.08 Å². The lowest BCUT2D eigenvalue weighted by atomic mass is 10.2. The largest absolute Gasteiger partial charge is 0.497 e. The first-order valence-electron chi connectivity index (χ1n) is 6.79. The highest BCUT2D eigenvalue weighted by molar-refractivity contribution is 6.29. The number of esters is 1. The van der Waals surface area contributed by atoms with Crippen molar-refractivity contribution in [3.8, 4) is 11.5 Å². The Labute approximate surface area is 139 Å². The summed E-state index contributed by atoms with van der Waals surface area (Å²) >= 11 is 5.69. The minimum absolute atomic E-state index is 0.134. The summed E-state index contributed by atoms with van der Waals surface area (Å²) in [6.07, 6.45) is 4.54. The third-order valence-corrected chi connectivity index (χ3v) is 3.18. The zero-order valence-electron chi connectivity index (χ0n) is 12.8. The number of rotatable bonds is 6. The number of halogens is 1. The van der Waals surface area contributed by atoms with Crippen LogP contribution in [0.4, 0.5) is 0 Å². The number of pyridine rings is 1. The Bertz CT molecular complexity index is 676. The van der Waals surface area contributed by atoms with Gasteiger partial charge in [-0.3, -0.25) is 0 Å². The molecule has 0 unspecified atom stereocenters. The Morgan fingerprint density at radius 1 is 1.17 bits per heavy atom. The molecule has 0 saturated carbocycles. The van der Waals surface area contributed by atoms with Crippen molar-refractivity contribution in [3.63, 3.8) is 0 Å². The monoisotopic (exact) mass is 333 g/mol. The fourth-order valence-corrected chi connectivity index (χ4v) is 1.90. The van der Waals surface area contributed by atoms with Crippen molar-refractivity contribution >= 4 is 23.6 Å². The Morgan fingerprint density at radius 2 is 1.87 bits per heavy atom. The van der Waals surface area contributed by atoms with Gasteiger partial charge in [0.05, 0.1) is 14.2 Å². The number of carbonyl (C=O) groups excluding carboxylic acids is 1. The molecule has 0 atom stereocenters. The van der Waals surface area contributed by atoms with Crippen LogP contribution >= 0.6 is 11.6 Å². The summed E-state index contributed by atoms with van der Waals surface area (Å²) in [6.45, 7) is 0.134. The Kier molecular flexibility index (Phi) is 6.00. The highest BCUT2D eigenvalue weighted by Crippen LogP contribution is 2.23. The fraction of sp³-hybridized carbons (Fsp3) is 0.176. The van der Waals surface area contributed by atoms with Gasteiger partial charge in [0, 0.05) is 23.9 Å². The number of ether oxygens (including phenoxy) is 3. The van der Waals surface area contributed by atoms with Crippen molar-refractivity contribution in [2.24, 2.45) is 0 Å². The molecule has 6 heteroatoms. The lowest BCUT2D eigenvalue weighted by Crippen LogP contribution is -2.01. The summed E-state index contributed by atoms with van der Waals surface area (Å²) in [6, 6.07) is 8.72. The van der Waals surface area contributed by atoms with Crippen molar-refractivity contribution in [3.05, 3.63) is 58.9 Å². The van der Waals surface area contributed by atoms with Crippen LogP contribution in [-0.4, -0.2) is 25.2 Å². The molecule has 0 aliphatic carbocycles. The molecular weight excluding hydrogens is 318 g/mol. The van der Waals surface area contributed by atoms with Crippen LogP contribution in [0.1, 0.15) is 11.1 Å². The van der Waals surface area contributed by atoms with Crippen molar-refractivity contribution in [1.82, 2.24) is 4.98 Å². The number of hydrogen-bond donors (Lipinski definition) is 0. The molecule has 5 nitrogen and oxygen atoms in total. The molecule has 0 fully saturated rings. The minimum atomic E-state index is -0.457. The quantitative estimate of drug-likeness (QED) is 0.460. The van der Waals surface area contributed by atoms with Gasteiger partial charge in [-0.1, -0.05) is 17.7 Å². The summed E-state index contributed by atoms with van der Waals surface area (Å²) in [4.78, 5) is 15.7. The van der Waals surface area contributed by atoms with E-state index in [1.807, 2.05) is 0 Å². The van der Waals surface area contributed by atoms with Crippen LogP contribution in [0, 0.1) is 0 Å². The van der Waals surface area contributed by atoms with Gasteiger partial charge in [0.15, 0.2) is 0 Å². The topological polar surface area (TPSA) is 57.7 Å². The maximum atomic E-state index is 11.7. The summed E-state index contributed by atoms with van der Waals surface area (Å²) in [5.41, 5.74) is 1.53. The zero-order valence-corrected chi connectivity index (χ0v) is 13.5. The van der Waals surface area contributed by atoms with E-state index in [0.717, 1.165) is 11.1 Å². The maximum Gasteiger partial charge on any atom is 0.331 e. The van der Waals surface area contributed by atoms with E-state index in [0.29, 0.717) is 16.7 Å². The number of aromatic nitrogens is 1. The highest BCUT2D eigenvalue weighted by Gasteiger charge is 2.02. The molecule has 2 rings (SSSR count). The van der Waals surface area contributed by atoms with Crippen LogP contribution in [0.25, 0.3) is 6.08 Å². The molecule has 0 N–H and O–H groups in total. The van der Waals surface area contributed by atoms with E-state index in [-0.39, 0.29) is 6.61 Å². The van der Waals surface area contributed by atoms with E-state index in [9.17, 15) is 4.79 Å². The van der Waals surface area contributed by atoms with Crippen LogP contribution in [0.5, 0.6) is 11.5 Å². The molecule has 0 spiro atoms. The molecule has 0 radical (unpaired) electrons. The lowest BCUT2D eigenvalue weighted by molar-refractivity contribution is -0.138. The van der Waals surface area contributed by atoms with E-state index < -0.39 is 5.97 Å². The van der Waals surface area contributed by atoms with Gasteiger partial charge in [-0.15, -0.1) is 0 Å². The SMILES string of the molecule is COc1cc(/C=C/C(=O)OCc2ccc(Cl)nc2)cc(OC)c1. The molecule has 0 bridgehead atoms. The Morgan fingerprint density at radius 3 is 2.43 bits per heavy atom. The number of benzene rings is 1. The van der Waals surface area contributed by atoms with E-state index in [4.69, 9.17) is 25.8 Å². The zero-order chi connectivity index (χ0) is 16.7. The highest BCUT2D eigenvalue weighted by atomic mass is 35.5. The van der Waals surface area contributed by atoms with Crippen molar-refractivity contribution < 1.29 is 19.0 Å². The summed E-state index contributed by atoms with van der Waals surface area (Å²) in [5, 5.41) is 0.395. The average molecular weight is 334 g/mol. The molecule has 0 amide bonds. The van der Waals surface area contributed by atoms with E-state index in [2.05, 4.69) is 4.98 Å². The second kappa shape index (κ2) is 8.19. The van der Waals surface area contributed by atoms with Crippen LogP contribution in [0.15, 0.2) is 42.6 Å². The first-order valence-corrected chi connectivity index (χ1v) is 7.17.